The second-order valence-electron chi connectivity index (χ2n) is 10.7. The van der Waals surface area contributed by atoms with Crippen molar-refractivity contribution in [1.29, 1.82) is 0 Å². The molecule has 2 heterocycles. The summed E-state index contributed by atoms with van der Waals surface area (Å²) in [6.45, 7) is 8.30. The van der Waals surface area contributed by atoms with Crippen LogP contribution in [0.5, 0.6) is 0 Å². The van der Waals surface area contributed by atoms with Crippen LogP contribution >= 0.6 is 0 Å². The zero-order valence-corrected chi connectivity index (χ0v) is 23.7. The van der Waals surface area contributed by atoms with Crippen molar-refractivity contribution in [2.45, 2.75) is 63.7 Å². The average Bonchev–Trinajstić information content (AvgIpc) is 3.14. The fourth-order valence-corrected chi connectivity index (χ4v) is 10.0. The van der Waals surface area contributed by atoms with Crippen LogP contribution in [0.2, 0.25) is 5.04 Å². The molecular weight excluding hydrogens is 520 g/mol. The predicted octanol–water partition coefficient (Wildman–Crippen LogP) is 0.768. The largest absolute Gasteiger partial charge is 0.455 e. The third-order valence-corrected chi connectivity index (χ3v) is 12.0. The molecule has 208 valence electrons. The minimum Gasteiger partial charge on any atom is -0.455 e. The number of carbonyl (C=O) groups is 4. The number of esters is 2. The van der Waals surface area contributed by atoms with E-state index in [0.29, 0.717) is 0 Å². The Morgan fingerprint density at radius 2 is 1.49 bits per heavy atom. The minimum atomic E-state index is -3.05. The van der Waals surface area contributed by atoms with Crippen molar-refractivity contribution in [3.05, 3.63) is 60.7 Å². The molecular formula is C28H34N2O8Si. The van der Waals surface area contributed by atoms with E-state index in [9.17, 15) is 19.2 Å². The van der Waals surface area contributed by atoms with Crippen molar-refractivity contribution in [3.63, 3.8) is 0 Å². The molecule has 1 spiro atoms. The van der Waals surface area contributed by atoms with Gasteiger partial charge in [0.2, 0.25) is 5.91 Å². The van der Waals surface area contributed by atoms with Crippen molar-refractivity contribution in [2.24, 2.45) is 0 Å². The molecule has 0 aliphatic carbocycles. The minimum absolute atomic E-state index is 0.117. The molecule has 39 heavy (non-hydrogen) atoms. The van der Waals surface area contributed by atoms with Crippen LogP contribution in [0.25, 0.3) is 0 Å². The number of hydrogen-bond donors (Lipinski definition) is 2. The third-order valence-electron chi connectivity index (χ3n) is 6.95. The van der Waals surface area contributed by atoms with Crippen LogP contribution in [-0.4, -0.2) is 69.3 Å². The molecule has 2 saturated heterocycles. The van der Waals surface area contributed by atoms with Gasteiger partial charge in [-0.05, 0) is 15.4 Å². The number of piperazine rings is 1. The van der Waals surface area contributed by atoms with Gasteiger partial charge in [-0.1, -0.05) is 81.4 Å². The van der Waals surface area contributed by atoms with Gasteiger partial charge in [0.15, 0.2) is 12.2 Å². The van der Waals surface area contributed by atoms with Crippen LogP contribution in [0, 0.1) is 0 Å². The summed E-state index contributed by atoms with van der Waals surface area (Å²) in [5.41, 5.74) is -2.08. The van der Waals surface area contributed by atoms with Gasteiger partial charge in [-0.25, -0.2) is 0 Å². The van der Waals surface area contributed by atoms with E-state index >= 15 is 0 Å². The number of hydrogen-bond acceptors (Lipinski definition) is 8. The normalized spacial score (nSPS) is 25.1. The van der Waals surface area contributed by atoms with Gasteiger partial charge in [0.1, 0.15) is 6.10 Å². The standard InChI is InChI=1S/C28H34N2O8Si/c1-18(31)36-24-22(38-28(25(24)37-19(2)32)26(34)29-16-23(33)30-28)17-35-39(27(3,4)5,20-12-8-6-9-13-20)21-14-10-7-11-15-21/h6-15,22,24-25H,16-17H2,1-5H3,(H,29,34)(H,30,33)/t22-,24+,25+,28+/m1/s1. The van der Waals surface area contributed by atoms with Gasteiger partial charge in [0.05, 0.1) is 13.2 Å². The van der Waals surface area contributed by atoms with Gasteiger partial charge in [-0.15, -0.1) is 0 Å². The van der Waals surface area contributed by atoms with E-state index in [2.05, 4.69) is 31.4 Å². The topological polar surface area (TPSA) is 129 Å². The molecule has 2 N–H and O–H groups in total. The highest BCUT2D eigenvalue weighted by atomic mass is 28.4. The Labute approximate surface area is 228 Å². The highest BCUT2D eigenvalue weighted by Gasteiger charge is 2.66. The Morgan fingerprint density at radius 3 is 1.97 bits per heavy atom. The molecule has 0 saturated carbocycles. The lowest BCUT2D eigenvalue weighted by Gasteiger charge is -2.43. The van der Waals surface area contributed by atoms with E-state index in [-0.39, 0.29) is 18.2 Å². The van der Waals surface area contributed by atoms with E-state index < -0.39 is 56.1 Å². The molecule has 2 fully saturated rings. The lowest BCUT2D eigenvalue weighted by molar-refractivity contribution is -0.182. The molecule has 4 atom stereocenters. The second-order valence-corrected chi connectivity index (χ2v) is 15.0. The summed E-state index contributed by atoms with van der Waals surface area (Å²) in [5, 5.41) is 6.67. The maximum Gasteiger partial charge on any atom is 0.303 e. The van der Waals surface area contributed by atoms with Gasteiger partial charge in [-0.3, -0.25) is 19.2 Å². The molecule has 0 aromatic heterocycles. The highest BCUT2D eigenvalue weighted by molar-refractivity contribution is 6.99. The molecule has 2 aliphatic heterocycles. The zero-order valence-electron chi connectivity index (χ0n) is 22.7. The van der Waals surface area contributed by atoms with Crippen molar-refractivity contribution < 1.29 is 37.8 Å². The lowest BCUT2D eigenvalue weighted by Crippen LogP contribution is -2.71. The Kier molecular flexibility index (Phi) is 7.96. The summed E-state index contributed by atoms with van der Waals surface area (Å²) in [6, 6.07) is 19.8. The molecule has 11 heteroatoms. The molecule has 0 radical (unpaired) electrons. The van der Waals surface area contributed by atoms with E-state index in [0.717, 1.165) is 17.3 Å². The van der Waals surface area contributed by atoms with E-state index in [1.165, 1.54) is 6.92 Å². The Morgan fingerprint density at radius 1 is 0.949 bits per heavy atom. The molecule has 4 rings (SSSR count). The third kappa shape index (κ3) is 5.34. The van der Waals surface area contributed by atoms with Gasteiger partial charge in [-0.2, -0.15) is 0 Å². The zero-order chi connectivity index (χ0) is 28.4. The maximum atomic E-state index is 13.1. The quantitative estimate of drug-likeness (QED) is 0.379. The Balaban J connectivity index is 1.79. The van der Waals surface area contributed by atoms with Gasteiger partial charge in [0, 0.05) is 13.8 Å². The highest BCUT2D eigenvalue weighted by Crippen LogP contribution is 2.40. The Hall–Kier alpha value is -3.54. The molecule has 0 unspecified atom stereocenters. The number of carbonyl (C=O) groups excluding carboxylic acids is 4. The molecule has 2 aromatic carbocycles. The number of ether oxygens (including phenoxy) is 3. The van der Waals surface area contributed by atoms with Crippen LogP contribution in [-0.2, 0) is 37.8 Å². The van der Waals surface area contributed by atoms with Crippen LogP contribution < -0.4 is 21.0 Å². The van der Waals surface area contributed by atoms with E-state index in [1.54, 1.807) is 0 Å². The van der Waals surface area contributed by atoms with Crippen molar-refractivity contribution in [1.82, 2.24) is 10.6 Å². The van der Waals surface area contributed by atoms with E-state index in [4.69, 9.17) is 18.6 Å². The first-order valence-corrected chi connectivity index (χ1v) is 14.7. The van der Waals surface area contributed by atoms with Crippen LogP contribution in [0.15, 0.2) is 60.7 Å². The van der Waals surface area contributed by atoms with Crippen molar-refractivity contribution in [3.8, 4) is 0 Å². The first kappa shape index (κ1) is 28.5. The summed E-state index contributed by atoms with van der Waals surface area (Å²) in [7, 11) is -3.05. The number of benzene rings is 2. The summed E-state index contributed by atoms with van der Waals surface area (Å²) >= 11 is 0. The average molecular weight is 555 g/mol. The second kappa shape index (κ2) is 10.9. The molecule has 10 nitrogen and oxygen atoms in total. The van der Waals surface area contributed by atoms with E-state index in [1.807, 2.05) is 60.7 Å². The first-order valence-electron chi connectivity index (χ1n) is 12.8. The smallest absolute Gasteiger partial charge is 0.303 e. The summed E-state index contributed by atoms with van der Waals surface area (Å²) < 4.78 is 24.2. The van der Waals surface area contributed by atoms with Gasteiger partial charge >= 0.3 is 11.9 Å². The molecule has 2 aliphatic rings. The monoisotopic (exact) mass is 554 g/mol. The van der Waals surface area contributed by atoms with Crippen molar-refractivity contribution >= 4 is 42.4 Å². The fraction of sp³-hybridized carbons (Fsp3) is 0.429. The maximum absolute atomic E-state index is 13.1. The molecule has 0 bridgehead atoms. The van der Waals surface area contributed by atoms with Gasteiger partial charge in [0.25, 0.3) is 19.9 Å². The SMILES string of the molecule is CC(=O)O[C@H]1[C@@H](CO[Si](c2ccccc2)(c2ccccc2)C(C)(C)C)O[C@@]2(NC(=O)CNC2=O)[C@H]1OC(C)=O. The van der Waals surface area contributed by atoms with Crippen LogP contribution in [0.1, 0.15) is 34.6 Å². The fourth-order valence-electron chi connectivity index (χ4n) is 5.44. The summed E-state index contributed by atoms with van der Waals surface area (Å²) in [5.74, 6) is -2.66. The predicted molar refractivity (Wildman–Crippen MR) is 143 cm³/mol. The number of nitrogens with one attached hydrogen (secondary N) is 2. The van der Waals surface area contributed by atoms with Crippen LogP contribution in [0.4, 0.5) is 0 Å². The Bertz CT molecular complexity index is 1190. The number of amides is 2. The van der Waals surface area contributed by atoms with Crippen molar-refractivity contribution in [2.75, 3.05) is 13.2 Å². The lowest BCUT2D eigenvalue weighted by atomic mass is 9.99. The molecule has 2 amide bonds. The number of rotatable bonds is 7. The molecule has 2 aromatic rings. The summed E-state index contributed by atoms with van der Waals surface area (Å²) in [4.78, 5) is 49.7. The van der Waals surface area contributed by atoms with Crippen LogP contribution in [0.3, 0.4) is 0 Å². The summed E-state index contributed by atoms with van der Waals surface area (Å²) in [6.07, 6.45) is -3.71. The first-order chi connectivity index (χ1) is 18.4. The van der Waals surface area contributed by atoms with Gasteiger partial charge < -0.3 is 29.3 Å².